The number of rotatable bonds is 2. The molecule has 0 fully saturated rings. The van der Waals surface area contributed by atoms with Crippen LogP contribution >= 0.6 is 0 Å². The molecule has 0 aliphatic heterocycles. The zero-order chi connectivity index (χ0) is 14.1. The first-order valence-electron chi connectivity index (χ1n) is 6.47. The molecule has 0 saturated carbocycles. The minimum absolute atomic E-state index is 0.224. The average Bonchev–Trinajstić information content (AvgIpc) is 2.87. The third-order valence-corrected chi connectivity index (χ3v) is 3.32. The zero-order valence-electron chi connectivity index (χ0n) is 11.4. The van der Waals surface area contributed by atoms with Crippen molar-refractivity contribution in [3.05, 3.63) is 59.4 Å². The number of nitrogens with one attached hydrogen (secondary N) is 2. The number of fused-ring (bicyclic) bond motifs is 1. The minimum atomic E-state index is -0.224. The maximum atomic E-state index is 12.3. The summed E-state index contributed by atoms with van der Waals surface area (Å²) in [5.74, 6) is 0.104. The van der Waals surface area contributed by atoms with Crippen molar-refractivity contribution in [1.82, 2.24) is 9.97 Å². The number of hydrogen-bond acceptors (Lipinski definition) is 2. The van der Waals surface area contributed by atoms with Crippen LogP contribution in [-0.4, -0.2) is 15.9 Å². The Morgan fingerprint density at radius 2 is 1.75 bits per heavy atom. The molecule has 3 rings (SSSR count). The van der Waals surface area contributed by atoms with Crippen molar-refractivity contribution in [2.75, 3.05) is 5.32 Å². The van der Waals surface area contributed by atoms with Crippen LogP contribution in [0.1, 0.15) is 21.7 Å². The third-order valence-electron chi connectivity index (χ3n) is 3.32. The summed E-state index contributed by atoms with van der Waals surface area (Å²) in [7, 11) is 0. The topological polar surface area (TPSA) is 57.8 Å². The molecular formula is C16H15N3O. The molecule has 1 aromatic heterocycles. The Labute approximate surface area is 116 Å². The lowest BCUT2D eigenvalue weighted by Gasteiger charge is -2.09. The fourth-order valence-corrected chi connectivity index (χ4v) is 2.24. The first-order valence-corrected chi connectivity index (χ1v) is 6.47. The van der Waals surface area contributed by atoms with Gasteiger partial charge in [0.05, 0.1) is 11.0 Å². The molecule has 0 spiro atoms. The molecule has 0 aliphatic rings. The van der Waals surface area contributed by atoms with Crippen LogP contribution in [0.5, 0.6) is 0 Å². The highest BCUT2D eigenvalue weighted by Gasteiger charge is 2.13. The second kappa shape index (κ2) is 4.81. The number of anilines is 1. The van der Waals surface area contributed by atoms with Gasteiger partial charge in [0.25, 0.3) is 5.91 Å². The SMILES string of the molecule is Cc1cccc(C)c1NC(=O)c1nc2ccccc2[nH]1. The Morgan fingerprint density at radius 3 is 2.45 bits per heavy atom. The van der Waals surface area contributed by atoms with Crippen LogP contribution in [0, 0.1) is 13.8 Å². The van der Waals surface area contributed by atoms with Crippen molar-refractivity contribution in [3.63, 3.8) is 0 Å². The monoisotopic (exact) mass is 265 g/mol. The van der Waals surface area contributed by atoms with Gasteiger partial charge in [-0.2, -0.15) is 0 Å². The zero-order valence-corrected chi connectivity index (χ0v) is 11.4. The summed E-state index contributed by atoms with van der Waals surface area (Å²) in [6.07, 6.45) is 0. The number of para-hydroxylation sites is 3. The largest absolute Gasteiger partial charge is 0.334 e. The molecule has 100 valence electrons. The van der Waals surface area contributed by atoms with Gasteiger partial charge in [-0.15, -0.1) is 0 Å². The number of H-pyrrole nitrogens is 1. The van der Waals surface area contributed by atoms with E-state index in [1.54, 1.807) is 0 Å². The summed E-state index contributed by atoms with van der Waals surface area (Å²) >= 11 is 0. The van der Waals surface area contributed by atoms with Gasteiger partial charge < -0.3 is 10.3 Å². The molecule has 0 aliphatic carbocycles. The summed E-state index contributed by atoms with van der Waals surface area (Å²) < 4.78 is 0. The van der Waals surface area contributed by atoms with Crippen molar-refractivity contribution in [2.45, 2.75) is 13.8 Å². The Morgan fingerprint density at radius 1 is 1.05 bits per heavy atom. The summed E-state index contributed by atoms with van der Waals surface area (Å²) in [4.78, 5) is 19.6. The van der Waals surface area contributed by atoms with E-state index in [-0.39, 0.29) is 5.91 Å². The van der Waals surface area contributed by atoms with E-state index >= 15 is 0 Å². The van der Waals surface area contributed by atoms with E-state index in [4.69, 9.17) is 0 Å². The van der Waals surface area contributed by atoms with Crippen LogP contribution in [0.15, 0.2) is 42.5 Å². The van der Waals surface area contributed by atoms with Crippen LogP contribution in [0.2, 0.25) is 0 Å². The quantitative estimate of drug-likeness (QED) is 0.745. The lowest BCUT2D eigenvalue weighted by molar-refractivity contribution is 0.101. The molecule has 4 heteroatoms. The fourth-order valence-electron chi connectivity index (χ4n) is 2.24. The molecule has 0 saturated heterocycles. The average molecular weight is 265 g/mol. The second-order valence-corrected chi connectivity index (χ2v) is 4.82. The standard InChI is InChI=1S/C16H15N3O/c1-10-6-5-7-11(2)14(10)19-16(20)15-17-12-8-3-4-9-13(12)18-15/h3-9H,1-2H3,(H,17,18)(H,19,20). The maximum Gasteiger partial charge on any atom is 0.291 e. The molecule has 4 nitrogen and oxygen atoms in total. The van der Waals surface area contributed by atoms with Crippen molar-refractivity contribution in [3.8, 4) is 0 Å². The normalized spacial score (nSPS) is 10.7. The van der Waals surface area contributed by atoms with Gasteiger partial charge in [0.1, 0.15) is 0 Å². The van der Waals surface area contributed by atoms with Crippen molar-refractivity contribution in [1.29, 1.82) is 0 Å². The molecule has 20 heavy (non-hydrogen) atoms. The maximum absolute atomic E-state index is 12.3. The van der Waals surface area contributed by atoms with Crippen molar-refractivity contribution >= 4 is 22.6 Å². The fraction of sp³-hybridized carbons (Fsp3) is 0.125. The summed E-state index contributed by atoms with van der Waals surface area (Å²) in [5, 5.41) is 2.92. The third kappa shape index (κ3) is 2.16. The summed E-state index contributed by atoms with van der Waals surface area (Å²) in [5.41, 5.74) is 4.57. The van der Waals surface area contributed by atoms with E-state index in [9.17, 15) is 4.79 Å². The molecule has 0 atom stereocenters. The Kier molecular flexibility index (Phi) is 2.99. The van der Waals surface area contributed by atoms with Gasteiger partial charge >= 0.3 is 0 Å². The highest BCUT2D eigenvalue weighted by atomic mass is 16.2. The number of carbonyl (C=O) groups is 1. The van der Waals surface area contributed by atoms with E-state index in [2.05, 4.69) is 15.3 Å². The second-order valence-electron chi connectivity index (χ2n) is 4.82. The number of imidazole rings is 1. The van der Waals surface area contributed by atoms with E-state index in [1.165, 1.54) is 0 Å². The van der Waals surface area contributed by atoms with Crippen LogP contribution < -0.4 is 5.32 Å². The lowest BCUT2D eigenvalue weighted by Crippen LogP contribution is -2.15. The number of carbonyl (C=O) groups excluding carboxylic acids is 1. The number of amides is 1. The van der Waals surface area contributed by atoms with E-state index in [0.29, 0.717) is 5.82 Å². The summed E-state index contributed by atoms with van der Waals surface area (Å²) in [6, 6.07) is 13.5. The molecule has 1 heterocycles. The number of aromatic nitrogens is 2. The number of aryl methyl sites for hydroxylation is 2. The Hall–Kier alpha value is -2.62. The van der Waals surface area contributed by atoms with Gasteiger partial charge in [-0.3, -0.25) is 4.79 Å². The number of aromatic amines is 1. The Balaban J connectivity index is 1.93. The van der Waals surface area contributed by atoms with Crippen molar-refractivity contribution < 1.29 is 4.79 Å². The summed E-state index contributed by atoms with van der Waals surface area (Å²) in [6.45, 7) is 3.95. The van der Waals surface area contributed by atoms with Crippen LogP contribution in [-0.2, 0) is 0 Å². The number of hydrogen-bond donors (Lipinski definition) is 2. The first kappa shape index (κ1) is 12.4. The smallest absolute Gasteiger partial charge is 0.291 e. The molecule has 0 unspecified atom stereocenters. The van der Waals surface area contributed by atoms with Gasteiger partial charge in [-0.1, -0.05) is 30.3 Å². The van der Waals surface area contributed by atoms with E-state index < -0.39 is 0 Å². The molecule has 0 bridgehead atoms. The highest BCUT2D eigenvalue weighted by Crippen LogP contribution is 2.20. The van der Waals surface area contributed by atoms with Gasteiger partial charge in [0.15, 0.2) is 5.82 Å². The number of benzene rings is 2. The molecular weight excluding hydrogens is 250 g/mol. The molecule has 0 radical (unpaired) electrons. The minimum Gasteiger partial charge on any atom is -0.334 e. The van der Waals surface area contributed by atoms with Crippen LogP contribution in [0.3, 0.4) is 0 Å². The Bertz CT molecular complexity index is 736. The molecule has 2 aromatic carbocycles. The van der Waals surface area contributed by atoms with Crippen molar-refractivity contribution in [2.24, 2.45) is 0 Å². The predicted molar refractivity (Wildman–Crippen MR) is 80.0 cm³/mol. The number of nitrogens with zero attached hydrogens (tertiary/aromatic N) is 1. The first-order chi connectivity index (χ1) is 9.65. The predicted octanol–water partition coefficient (Wildman–Crippen LogP) is 3.43. The molecule has 1 amide bonds. The highest BCUT2D eigenvalue weighted by molar-refractivity contribution is 6.04. The molecule has 3 aromatic rings. The van der Waals surface area contributed by atoms with Crippen LogP contribution in [0.4, 0.5) is 5.69 Å². The molecule has 2 N–H and O–H groups in total. The van der Waals surface area contributed by atoms with Gasteiger partial charge in [-0.25, -0.2) is 4.98 Å². The van der Waals surface area contributed by atoms with Crippen LogP contribution in [0.25, 0.3) is 11.0 Å². The van der Waals surface area contributed by atoms with E-state index in [0.717, 1.165) is 27.8 Å². The van der Waals surface area contributed by atoms with Gasteiger partial charge in [0.2, 0.25) is 0 Å². The lowest BCUT2D eigenvalue weighted by atomic mass is 10.1. The van der Waals surface area contributed by atoms with Gasteiger partial charge in [0, 0.05) is 5.69 Å². The van der Waals surface area contributed by atoms with E-state index in [1.807, 2.05) is 56.3 Å². The van der Waals surface area contributed by atoms with Gasteiger partial charge in [-0.05, 0) is 37.1 Å².